The maximum absolute atomic E-state index is 13.0. The zero-order valence-electron chi connectivity index (χ0n) is 22.4. The van der Waals surface area contributed by atoms with E-state index in [0.717, 1.165) is 30.3 Å². The van der Waals surface area contributed by atoms with Crippen LogP contribution in [0.3, 0.4) is 0 Å². The van der Waals surface area contributed by atoms with Crippen LogP contribution in [0.4, 0.5) is 5.69 Å². The molecule has 39 heavy (non-hydrogen) atoms. The Bertz CT molecular complexity index is 1510. The van der Waals surface area contributed by atoms with Crippen LogP contribution in [0.15, 0.2) is 40.8 Å². The maximum Gasteiger partial charge on any atom is 0.323 e. The minimum Gasteiger partial charge on any atom is -0.462 e. The van der Waals surface area contributed by atoms with Gasteiger partial charge in [-0.05, 0) is 39.3 Å². The van der Waals surface area contributed by atoms with Gasteiger partial charge in [-0.15, -0.1) is 0 Å². The highest BCUT2D eigenvalue weighted by molar-refractivity contribution is 7.92. The number of esters is 1. The van der Waals surface area contributed by atoms with Gasteiger partial charge in [0.15, 0.2) is 0 Å². The third-order valence-corrected chi connectivity index (χ3v) is 8.38. The van der Waals surface area contributed by atoms with Crippen LogP contribution in [0.25, 0.3) is 22.3 Å². The number of hydrogen-bond donors (Lipinski definition) is 2. The molecule has 1 fully saturated rings. The van der Waals surface area contributed by atoms with Crippen molar-refractivity contribution in [3.63, 3.8) is 0 Å². The van der Waals surface area contributed by atoms with Crippen LogP contribution in [0.2, 0.25) is 0 Å². The number of sulfonamides is 1. The van der Waals surface area contributed by atoms with Gasteiger partial charge in [-0.2, -0.15) is 0 Å². The van der Waals surface area contributed by atoms with E-state index < -0.39 is 22.2 Å². The van der Waals surface area contributed by atoms with Crippen LogP contribution in [0.5, 0.6) is 0 Å². The Labute approximate surface area is 227 Å². The first kappa shape index (κ1) is 27.2. The molecule has 0 saturated carbocycles. The molecule has 2 aliphatic heterocycles. The Kier molecular flexibility index (Phi) is 7.41. The summed E-state index contributed by atoms with van der Waals surface area (Å²) >= 11 is 0. The largest absolute Gasteiger partial charge is 0.462 e. The number of aryl methyl sites for hydroxylation is 1. The molecular weight excluding hydrogens is 522 g/mol. The molecule has 1 saturated heterocycles. The predicted octanol–water partition coefficient (Wildman–Crippen LogP) is 3.29. The Morgan fingerprint density at radius 3 is 2.59 bits per heavy atom. The number of nitrogens with one attached hydrogen (secondary N) is 2. The van der Waals surface area contributed by atoms with E-state index in [0.29, 0.717) is 40.0 Å². The van der Waals surface area contributed by atoms with E-state index in [1.54, 1.807) is 19.2 Å². The normalized spacial score (nSPS) is 21.4. The topological polar surface area (TPSA) is 127 Å². The van der Waals surface area contributed by atoms with Crippen molar-refractivity contribution >= 4 is 38.6 Å². The lowest BCUT2D eigenvalue weighted by Gasteiger charge is -2.25. The zero-order valence-corrected chi connectivity index (χ0v) is 23.3. The summed E-state index contributed by atoms with van der Waals surface area (Å²) in [5.74, 6) is -0.293. The van der Waals surface area contributed by atoms with Gasteiger partial charge < -0.3 is 24.5 Å². The van der Waals surface area contributed by atoms with Gasteiger partial charge in [-0.25, -0.2) is 8.42 Å². The highest BCUT2D eigenvalue weighted by atomic mass is 32.2. The van der Waals surface area contributed by atoms with Gasteiger partial charge >= 0.3 is 5.97 Å². The summed E-state index contributed by atoms with van der Waals surface area (Å²) in [5, 5.41) is 6.33. The van der Waals surface area contributed by atoms with Crippen molar-refractivity contribution in [2.45, 2.75) is 44.9 Å². The molecule has 0 bridgehead atoms. The number of ether oxygens (including phenoxy) is 2. The van der Waals surface area contributed by atoms with Gasteiger partial charge in [0.05, 0.1) is 30.2 Å². The van der Waals surface area contributed by atoms with Crippen molar-refractivity contribution in [1.82, 2.24) is 10.6 Å². The lowest BCUT2D eigenvalue weighted by molar-refractivity contribution is -0.151. The average molecular weight is 556 g/mol. The molecule has 5 rings (SSSR count). The molecule has 10 nitrogen and oxygen atoms in total. The predicted molar refractivity (Wildman–Crippen MR) is 147 cm³/mol. The van der Waals surface area contributed by atoms with Crippen LogP contribution in [-0.2, 0) is 24.3 Å². The number of amides is 1. The van der Waals surface area contributed by atoms with Gasteiger partial charge in [0.25, 0.3) is 5.91 Å². The number of furan rings is 1. The highest BCUT2D eigenvalue weighted by Crippen LogP contribution is 2.42. The standard InChI is InChI=1S/C28H33N3O7S/c1-16-7-9-18(10-8-16)26-25(27(32)29-3)21-12-20-17(2)37-19(15-36-28(33)22-6-5-11-30-22)14-31(39(4,34)35)23(20)13-24(21)38-26/h7-10,12-13,17,19,22,30H,5-6,11,14-15H2,1-4H3,(H,29,32)/t17-,19-,22-/m0/s1. The van der Waals surface area contributed by atoms with Crippen molar-refractivity contribution < 1.29 is 31.9 Å². The van der Waals surface area contributed by atoms with E-state index in [4.69, 9.17) is 13.9 Å². The minimum absolute atomic E-state index is 0.0408. The number of rotatable bonds is 6. The molecule has 0 spiro atoms. The quantitative estimate of drug-likeness (QED) is 0.444. The number of hydrogen-bond acceptors (Lipinski definition) is 8. The number of fused-ring (bicyclic) bond motifs is 2. The molecule has 2 N–H and O–H groups in total. The van der Waals surface area contributed by atoms with E-state index in [1.165, 1.54) is 4.31 Å². The van der Waals surface area contributed by atoms with Crippen LogP contribution in [0, 0.1) is 6.92 Å². The molecule has 0 unspecified atom stereocenters. The van der Waals surface area contributed by atoms with E-state index in [9.17, 15) is 18.0 Å². The second-order valence-corrected chi connectivity index (χ2v) is 12.0. The Morgan fingerprint density at radius 2 is 1.95 bits per heavy atom. The molecule has 3 heterocycles. The fourth-order valence-electron chi connectivity index (χ4n) is 5.20. The Balaban J connectivity index is 1.56. The van der Waals surface area contributed by atoms with Gasteiger partial charge in [-0.1, -0.05) is 29.8 Å². The molecular formula is C28H33N3O7S. The number of carbonyl (C=O) groups is 2. The molecule has 1 aromatic heterocycles. The van der Waals surface area contributed by atoms with Crippen LogP contribution in [-0.4, -0.2) is 65.4 Å². The first-order valence-electron chi connectivity index (χ1n) is 13.0. The van der Waals surface area contributed by atoms with Crippen molar-refractivity contribution in [2.24, 2.45) is 0 Å². The third kappa shape index (κ3) is 5.39. The first-order valence-corrected chi connectivity index (χ1v) is 14.8. The van der Waals surface area contributed by atoms with Crippen molar-refractivity contribution in [3.8, 4) is 11.3 Å². The van der Waals surface area contributed by atoms with Gasteiger partial charge in [-0.3, -0.25) is 13.9 Å². The smallest absolute Gasteiger partial charge is 0.323 e. The molecule has 2 aliphatic rings. The summed E-state index contributed by atoms with van der Waals surface area (Å²) in [7, 11) is -2.19. The molecule has 11 heteroatoms. The molecule has 208 valence electrons. The maximum atomic E-state index is 13.0. The molecule has 1 amide bonds. The number of carbonyl (C=O) groups excluding carboxylic acids is 2. The van der Waals surface area contributed by atoms with Gasteiger partial charge in [0, 0.05) is 29.6 Å². The summed E-state index contributed by atoms with van der Waals surface area (Å²) in [6.07, 6.45) is 1.48. The second kappa shape index (κ2) is 10.6. The van der Waals surface area contributed by atoms with Crippen molar-refractivity contribution in [2.75, 3.05) is 37.3 Å². The van der Waals surface area contributed by atoms with Crippen molar-refractivity contribution in [1.29, 1.82) is 0 Å². The van der Waals surface area contributed by atoms with Crippen LogP contribution in [0.1, 0.15) is 47.4 Å². The van der Waals surface area contributed by atoms with E-state index in [1.807, 2.05) is 38.1 Å². The number of benzene rings is 2. The molecule has 0 aliphatic carbocycles. The second-order valence-electron chi connectivity index (χ2n) is 10.1. The Hall–Kier alpha value is -3.41. The first-order chi connectivity index (χ1) is 18.6. The molecule has 2 aromatic carbocycles. The zero-order chi connectivity index (χ0) is 27.9. The highest BCUT2D eigenvalue weighted by Gasteiger charge is 2.35. The molecule has 3 aromatic rings. The lowest BCUT2D eigenvalue weighted by Crippen LogP contribution is -2.40. The number of anilines is 1. The Morgan fingerprint density at radius 1 is 1.21 bits per heavy atom. The fraction of sp³-hybridized carbons (Fsp3) is 0.429. The minimum atomic E-state index is -3.74. The van der Waals surface area contributed by atoms with Crippen LogP contribution >= 0.6 is 0 Å². The fourth-order valence-corrected chi connectivity index (χ4v) is 6.16. The lowest BCUT2D eigenvalue weighted by atomic mass is 10.00. The third-order valence-electron chi connectivity index (χ3n) is 7.23. The van der Waals surface area contributed by atoms with Gasteiger partial charge in [0.1, 0.15) is 30.1 Å². The van der Waals surface area contributed by atoms with E-state index in [-0.39, 0.29) is 31.1 Å². The van der Waals surface area contributed by atoms with Gasteiger partial charge in [0.2, 0.25) is 10.0 Å². The van der Waals surface area contributed by atoms with Crippen LogP contribution < -0.4 is 14.9 Å². The summed E-state index contributed by atoms with van der Waals surface area (Å²) < 4.78 is 45.2. The molecule has 3 atom stereocenters. The SMILES string of the molecule is CNC(=O)c1c(-c2ccc(C)cc2)oc2cc3c(cc12)[C@H](C)O[C@H](COC(=O)[C@@H]1CCCN1)CN3S(C)(=O)=O. The molecule has 0 radical (unpaired) electrons. The number of nitrogens with zero attached hydrogens (tertiary/aromatic N) is 1. The summed E-state index contributed by atoms with van der Waals surface area (Å²) in [4.78, 5) is 25.5. The summed E-state index contributed by atoms with van der Waals surface area (Å²) in [6.45, 7) is 4.42. The van der Waals surface area contributed by atoms with E-state index >= 15 is 0 Å². The summed E-state index contributed by atoms with van der Waals surface area (Å²) in [6, 6.07) is 10.7. The summed E-state index contributed by atoms with van der Waals surface area (Å²) in [5.41, 5.74) is 3.51. The van der Waals surface area contributed by atoms with E-state index in [2.05, 4.69) is 10.6 Å². The van der Waals surface area contributed by atoms with Crippen molar-refractivity contribution in [3.05, 3.63) is 53.1 Å². The average Bonchev–Trinajstić information content (AvgIpc) is 3.54. The monoisotopic (exact) mass is 555 g/mol.